The average molecular weight is 778 g/mol. The summed E-state index contributed by atoms with van der Waals surface area (Å²) in [6, 6.07) is 0. The van der Waals surface area contributed by atoms with Gasteiger partial charge in [-0.15, -0.1) is 0 Å². The molecule has 0 atom stereocenters. The van der Waals surface area contributed by atoms with Crippen molar-refractivity contribution in [3.63, 3.8) is 0 Å². The van der Waals surface area contributed by atoms with Gasteiger partial charge in [0.25, 0.3) is 53.7 Å². The minimum Gasteiger partial charge on any atom is -0.550 e. The molecule has 9 N–H and O–H groups in total. The van der Waals surface area contributed by atoms with Crippen molar-refractivity contribution in [1.82, 2.24) is 0 Å². The molecule has 0 rings (SSSR count). The molecule has 0 saturated carbocycles. The first-order valence-corrected chi connectivity index (χ1v) is 9.26. The van der Waals surface area contributed by atoms with Crippen LogP contribution in [0.2, 0.25) is 0 Å². The van der Waals surface area contributed by atoms with Crippen LogP contribution in [0.4, 0.5) is 0 Å². The van der Waals surface area contributed by atoms with E-state index in [4.69, 9.17) is 99.0 Å². The fourth-order valence-corrected chi connectivity index (χ4v) is 0. The predicted octanol–water partition coefficient (Wildman–Crippen LogP) is -3.43. The SMILES string of the molecule is CC(=O)O.CC(=O)O.CC(=O)O.CC(=O)O.CC(=O)O.CC(=O)O.CC(=O)O.CC(=O)O.CC(=O)O.CC(=O)[O-].[Cr].[Cr].[Cr].[Na+]. The molecule has 0 saturated heterocycles. The van der Waals surface area contributed by atoms with Gasteiger partial charge in [0.1, 0.15) is 0 Å². The van der Waals surface area contributed by atoms with Gasteiger partial charge in [-0.25, -0.2) is 0 Å². The number of aliphatic carboxylic acids is 10. The fourth-order valence-electron chi connectivity index (χ4n) is 0. The maximum absolute atomic E-state index is 9.00. The number of hydrogen-bond donors (Lipinski definition) is 9. The molecule has 0 aliphatic heterocycles. The van der Waals surface area contributed by atoms with Gasteiger partial charge in [0.05, 0.1) is 0 Å². The average Bonchev–Trinajstić information content (AvgIpc) is 2.47. The minimum absolute atomic E-state index is 0. The van der Waals surface area contributed by atoms with Gasteiger partial charge in [-0.05, 0) is 6.92 Å². The summed E-state index contributed by atoms with van der Waals surface area (Å²) in [4.78, 5) is 89.9. The molecule has 0 aliphatic carbocycles. The van der Waals surface area contributed by atoms with Gasteiger partial charge in [-0.1, -0.05) is 0 Å². The van der Waals surface area contributed by atoms with Crippen LogP contribution < -0.4 is 34.7 Å². The summed E-state index contributed by atoms with van der Waals surface area (Å²) in [7, 11) is 0. The van der Waals surface area contributed by atoms with E-state index in [1.54, 1.807) is 0 Å². The molecule has 0 bridgehead atoms. The molecule has 0 aromatic heterocycles. The van der Waals surface area contributed by atoms with E-state index < -0.39 is 59.7 Å². The van der Waals surface area contributed by atoms with Crippen LogP contribution in [0.15, 0.2) is 0 Å². The number of hydrogen-bond acceptors (Lipinski definition) is 11. The summed E-state index contributed by atoms with van der Waals surface area (Å²) < 4.78 is 0. The molecule has 0 amide bonds. The van der Waals surface area contributed by atoms with Crippen molar-refractivity contribution < 1.29 is 181 Å². The van der Waals surface area contributed by atoms with Crippen LogP contribution in [0.5, 0.6) is 0 Å². The van der Waals surface area contributed by atoms with Gasteiger partial charge in [0, 0.05) is 120 Å². The maximum Gasteiger partial charge on any atom is 1.00 e. The molecule has 258 valence electrons. The number of carboxylic acids is 10. The zero-order valence-corrected chi connectivity index (χ0v) is 31.6. The van der Waals surface area contributed by atoms with Crippen LogP contribution >= 0.6 is 0 Å². The molecular weight excluding hydrogens is 739 g/mol. The molecule has 0 aliphatic rings. The monoisotopic (exact) mass is 778 g/mol. The summed E-state index contributed by atoms with van der Waals surface area (Å²) in [6.45, 7) is 10.7. The van der Waals surface area contributed by atoms with E-state index in [9.17, 15) is 0 Å². The summed E-state index contributed by atoms with van der Waals surface area (Å²) in [5, 5.41) is 75.6. The van der Waals surface area contributed by atoms with Crippen molar-refractivity contribution in [3.8, 4) is 0 Å². The first-order valence-electron chi connectivity index (χ1n) is 9.26. The Morgan fingerprint density at radius 1 is 0.295 bits per heavy atom. The second-order valence-corrected chi connectivity index (χ2v) is 5.16. The zero-order valence-electron chi connectivity index (χ0n) is 25.7. The molecule has 0 aromatic rings. The van der Waals surface area contributed by atoms with Crippen molar-refractivity contribution in [2.24, 2.45) is 0 Å². The van der Waals surface area contributed by atoms with Crippen LogP contribution in [0.25, 0.3) is 0 Å². The van der Waals surface area contributed by atoms with Crippen molar-refractivity contribution >= 4 is 59.7 Å². The normalized spacial score (nSPS) is 5.68. The Balaban J connectivity index is -0.0000000187. The van der Waals surface area contributed by atoms with Crippen molar-refractivity contribution in [2.45, 2.75) is 69.2 Å². The summed E-state index contributed by atoms with van der Waals surface area (Å²) in [5.41, 5.74) is 0. The predicted molar refractivity (Wildman–Crippen MR) is 130 cm³/mol. The second kappa shape index (κ2) is 83.5. The molecule has 0 fully saturated rings. The molecular formula is C20H39Cr3NaO20. The molecule has 0 unspecified atom stereocenters. The van der Waals surface area contributed by atoms with Crippen LogP contribution in [0, 0.1) is 0 Å². The Labute approximate surface area is 307 Å². The maximum atomic E-state index is 9.00. The Hall–Kier alpha value is -2.70. The number of carboxylic acid groups (broad SMARTS) is 10. The zero-order chi connectivity index (χ0) is 35.8. The third-order valence-electron chi connectivity index (χ3n) is 0. The largest absolute Gasteiger partial charge is 1.00 e. The topological polar surface area (TPSA) is 376 Å². The van der Waals surface area contributed by atoms with E-state index in [2.05, 4.69) is 0 Å². The van der Waals surface area contributed by atoms with Gasteiger partial charge in [0.2, 0.25) is 0 Å². The molecule has 24 heteroatoms. The Bertz CT molecular complexity index is 492. The van der Waals surface area contributed by atoms with Gasteiger partial charge in [-0.3, -0.25) is 43.2 Å². The van der Waals surface area contributed by atoms with Gasteiger partial charge in [-0.2, -0.15) is 0 Å². The van der Waals surface area contributed by atoms with E-state index in [1.165, 1.54) is 0 Å². The van der Waals surface area contributed by atoms with Gasteiger partial charge in [0.15, 0.2) is 0 Å². The van der Waals surface area contributed by atoms with E-state index >= 15 is 0 Å². The summed E-state index contributed by atoms with van der Waals surface area (Å²) in [6.07, 6.45) is 0. The molecule has 20 nitrogen and oxygen atoms in total. The van der Waals surface area contributed by atoms with Gasteiger partial charge < -0.3 is 55.9 Å². The standard InChI is InChI=1S/10C2H4O2.3Cr.Na/c10*1-2(3)4;;;;/h10*1H3,(H,3,4);;;;/q;;;;;;;;;;;;;+1/p-1. The minimum atomic E-state index is -1.08. The smallest absolute Gasteiger partial charge is 0.550 e. The van der Waals surface area contributed by atoms with E-state index in [1.807, 2.05) is 0 Å². The Kier molecular flexibility index (Phi) is 171. The van der Waals surface area contributed by atoms with Crippen molar-refractivity contribution in [2.75, 3.05) is 0 Å². The third kappa shape index (κ3) is 7890. The van der Waals surface area contributed by atoms with E-state index in [0.717, 1.165) is 69.2 Å². The number of carbonyl (C=O) groups is 10. The van der Waals surface area contributed by atoms with Crippen LogP contribution in [-0.2, 0) is 100 Å². The number of rotatable bonds is 0. The Morgan fingerprint density at radius 3 is 0.295 bits per heavy atom. The van der Waals surface area contributed by atoms with Crippen molar-refractivity contribution in [3.05, 3.63) is 0 Å². The fraction of sp³-hybridized carbons (Fsp3) is 0.500. The first-order chi connectivity index (χ1) is 17.3. The Morgan fingerprint density at radius 2 is 0.295 bits per heavy atom. The summed E-state index contributed by atoms with van der Waals surface area (Å²) >= 11 is 0. The first kappa shape index (κ1) is 90.0. The van der Waals surface area contributed by atoms with Crippen LogP contribution in [0.3, 0.4) is 0 Å². The third-order valence-corrected chi connectivity index (χ3v) is 0. The van der Waals surface area contributed by atoms with Crippen LogP contribution in [-0.4, -0.2) is 106 Å². The number of carbonyl (C=O) groups excluding carboxylic acids is 1. The van der Waals surface area contributed by atoms with Crippen LogP contribution in [0.1, 0.15) is 69.2 Å². The molecule has 44 heavy (non-hydrogen) atoms. The van der Waals surface area contributed by atoms with Gasteiger partial charge >= 0.3 is 29.6 Å². The van der Waals surface area contributed by atoms with E-state index in [0.29, 0.717) is 0 Å². The molecule has 0 heterocycles. The molecule has 0 spiro atoms. The molecule has 0 radical (unpaired) electrons. The quantitative estimate of drug-likeness (QED) is 0.108. The summed E-state index contributed by atoms with van der Waals surface area (Å²) in [5.74, 6) is -8.58. The second-order valence-electron chi connectivity index (χ2n) is 5.16. The van der Waals surface area contributed by atoms with E-state index in [-0.39, 0.29) is 81.6 Å². The molecule has 0 aromatic carbocycles. The van der Waals surface area contributed by atoms with Crippen molar-refractivity contribution in [1.29, 1.82) is 0 Å².